The van der Waals surface area contributed by atoms with Crippen LogP contribution in [0.2, 0.25) is 0 Å². The minimum Gasteiger partial charge on any atom is -0.416 e. The van der Waals surface area contributed by atoms with Gasteiger partial charge in [0.05, 0.1) is 6.10 Å². The molecule has 0 aliphatic rings. The Morgan fingerprint density at radius 1 is 1.53 bits per heavy atom. The summed E-state index contributed by atoms with van der Waals surface area (Å²) >= 11 is 1.53. The van der Waals surface area contributed by atoms with Gasteiger partial charge in [0.1, 0.15) is 0 Å². The number of aryl methyl sites for hydroxylation is 1. The molecule has 86 valence electrons. The molecule has 1 atom stereocenters. The number of nitrogens with two attached hydrogens (primary N) is 1. The first-order chi connectivity index (χ1) is 7.26. The summed E-state index contributed by atoms with van der Waals surface area (Å²) in [6.07, 6.45) is 1.03. The molecule has 15 heavy (non-hydrogen) atoms. The Labute approximate surface area is 93.8 Å². The normalized spacial score (nSPS) is 13.0. The van der Waals surface area contributed by atoms with Gasteiger partial charge in [-0.25, -0.2) is 0 Å². The molecule has 0 saturated heterocycles. The van der Waals surface area contributed by atoms with Crippen molar-refractivity contribution in [3.63, 3.8) is 0 Å². The molecule has 1 heterocycles. The molecule has 0 saturated carbocycles. The van der Waals surface area contributed by atoms with Gasteiger partial charge in [-0.05, 0) is 13.3 Å². The van der Waals surface area contributed by atoms with Crippen molar-refractivity contribution in [3.8, 4) is 0 Å². The van der Waals surface area contributed by atoms with Gasteiger partial charge >= 0.3 is 0 Å². The Bertz CT molecular complexity index is 280. The summed E-state index contributed by atoms with van der Waals surface area (Å²) in [5.74, 6) is 1.47. The highest BCUT2D eigenvalue weighted by Gasteiger charge is 2.08. The van der Waals surface area contributed by atoms with Gasteiger partial charge in [0.15, 0.2) is 0 Å². The molecule has 0 radical (unpaired) electrons. The minimum atomic E-state index is 0.131. The molecule has 0 aliphatic heterocycles. The van der Waals surface area contributed by atoms with Crippen LogP contribution in [0.5, 0.6) is 0 Å². The van der Waals surface area contributed by atoms with E-state index < -0.39 is 0 Å². The lowest BCUT2D eigenvalue weighted by molar-refractivity contribution is 0.0674. The van der Waals surface area contributed by atoms with Crippen molar-refractivity contribution >= 4 is 11.8 Å². The van der Waals surface area contributed by atoms with Gasteiger partial charge in [0.2, 0.25) is 5.89 Å². The second kappa shape index (κ2) is 6.81. The van der Waals surface area contributed by atoms with Crippen molar-refractivity contribution in [1.29, 1.82) is 0 Å². The van der Waals surface area contributed by atoms with Crippen LogP contribution in [0.1, 0.15) is 19.2 Å². The van der Waals surface area contributed by atoms with Gasteiger partial charge in [-0.2, -0.15) is 0 Å². The standard InChI is InChI=1S/C9H17N3O2S/c1-3-13-8(6-10)4-5-15-9-12-11-7(2)14-9/h8H,3-6,10H2,1-2H3. The molecule has 6 heteroatoms. The summed E-state index contributed by atoms with van der Waals surface area (Å²) in [5.41, 5.74) is 5.56. The molecule has 0 amide bonds. The smallest absolute Gasteiger partial charge is 0.276 e. The van der Waals surface area contributed by atoms with Crippen molar-refractivity contribution in [3.05, 3.63) is 5.89 Å². The first-order valence-electron chi connectivity index (χ1n) is 5.00. The zero-order chi connectivity index (χ0) is 11.1. The molecule has 0 aliphatic carbocycles. The van der Waals surface area contributed by atoms with Gasteiger partial charge in [-0.15, -0.1) is 10.2 Å². The van der Waals surface area contributed by atoms with Gasteiger partial charge in [-0.1, -0.05) is 11.8 Å². The summed E-state index contributed by atoms with van der Waals surface area (Å²) in [4.78, 5) is 0. The Morgan fingerprint density at radius 2 is 2.33 bits per heavy atom. The van der Waals surface area contributed by atoms with Crippen molar-refractivity contribution < 1.29 is 9.15 Å². The van der Waals surface area contributed by atoms with Crippen LogP contribution in [0.4, 0.5) is 0 Å². The topological polar surface area (TPSA) is 74.2 Å². The molecule has 1 rings (SSSR count). The Hall–Kier alpha value is -0.590. The number of aromatic nitrogens is 2. The maximum atomic E-state index is 5.56. The average molecular weight is 231 g/mol. The molecule has 2 N–H and O–H groups in total. The molecule has 1 unspecified atom stereocenters. The van der Waals surface area contributed by atoms with E-state index in [0.29, 0.717) is 24.3 Å². The van der Waals surface area contributed by atoms with Crippen LogP contribution < -0.4 is 5.73 Å². The van der Waals surface area contributed by atoms with Crippen molar-refractivity contribution in [2.75, 3.05) is 18.9 Å². The molecule has 0 bridgehead atoms. The fraction of sp³-hybridized carbons (Fsp3) is 0.778. The fourth-order valence-corrected chi connectivity index (χ4v) is 1.95. The predicted molar refractivity (Wildman–Crippen MR) is 58.8 cm³/mol. The second-order valence-corrected chi connectivity index (χ2v) is 4.08. The van der Waals surface area contributed by atoms with Gasteiger partial charge in [0.25, 0.3) is 5.22 Å². The number of nitrogens with zero attached hydrogens (tertiary/aromatic N) is 2. The van der Waals surface area contributed by atoms with Gasteiger partial charge < -0.3 is 14.9 Å². The predicted octanol–water partition coefficient (Wildman–Crippen LogP) is 1.22. The van der Waals surface area contributed by atoms with Crippen LogP contribution in [0, 0.1) is 6.92 Å². The van der Waals surface area contributed by atoms with Crippen molar-refractivity contribution in [2.45, 2.75) is 31.6 Å². The van der Waals surface area contributed by atoms with Crippen molar-refractivity contribution in [1.82, 2.24) is 10.2 Å². The molecular formula is C9H17N3O2S. The van der Waals surface area contributed by atoms with E-state index >= 15 is 0 Å². The lowest BCUT2D eigenvalue weighted by atomic mass is 10.3. The molecule has 5 nitrogen and oxygen atoms in total. The minimum absolute atomic E-state index is 0.131. The number of rotatable bonds is 7. The van der Waals surface area contributed by atoms with E-state index in [1.165, 1.54) is 11.8 Å². The number of ether oxygens (including phenoxy) is 1. The summed E-state index contributed by atoms with van der Waals surface area (Å²) in [5, 5.41) is 8.25. The third-order valence-electron chi connectivity index (χ3n) is 1.84. The first-order valence-corrected chi connectivity index (χ1v) is 5.99. The van der Waals surface area contributed by atoms with Crippen LogP contribution in [0.15, 0.2) is 9.64 Å². The molecular weight excluding hydrogens is 214 g/mol. The first kappa shape index (κ1) is 12.5. The zero-order valence-corrected chi connectivity index (χ0v) is 9.92. The van der Waals surface area contributed by atoms with E-state index in [2.05, 4.69) is 10.2 Å². The van der Waals surface area contributed by atoms with Gasteiger partial charge in [-0.3, -0.25) is 0 Å². The van der Waals surface area contributed by atoms with Crippen LogP contribution in [-0.2, 0) is 4.74 Å². The highest BCUT2D eigenvalue weighted by molar-refractivity contribution is 7.99. The highest BCUT2D eigenvalue weighted by atomic mass is 32.2. The summed E-state index contributed by atoms with van der Waals surface area (Å²) in [6.45, 7) is 5.00. The van der Waals surface area contributed by atoms with E-state index in [9.17, 15) is 0 Å². The molecule has 0 aromatic carbocycles. The largest absolute Gasteiger partial charge is 0.416 e. The summed E-state index contributed by atoms with van der Waals surface area (Å²) in [6, 6.07) is 0. The molecule has 1 aromatic heterocycles. The zero-order valence-electron chi connectivity index (χ0n) is 9.10. The Morgan fingerprint density at radius 3 is 2.87 bits per heavy atom. The number of hydrogen-bond acceptors (Lipinski definition) is 6. The van der Waals surface area contributed by atoms with Crippen LogP contribution in [0.3, 0.4) is 0 Å². The van der Waals surface area contributed by atoms with Crippen molar-refractivity contribution in [2.24, 2.45) is 5.73 Å². The lowest BCUT2D eigenvalue weighted by Gasteiger charge is -2.13. The highest BCUT2D eigenvalue weighted by Crippen LogP contribution is 2.17. The monoisotopic (exact) mass is 231 g/mol. The third kappa shape index (κ3) is 4.63. The molecule has 0 spiro atoms. The fourth-order valence-electron chi connectivity index (χ4n) is 1.12. The third-order valence-corrected chi connectivity index (χ3v) is 2.69. The van der Waals surface area contributed by atoms with E-state index in [0.717, 1.165) is 12.2 Å². The molecule has 0 fully saturated rings. The van der Waals surface area contributed by atoms with E-state index in [1.807, 2.05) is 6.92 Å². The summed E-state index contributed by atoms with van der Waals surface area (Å²) < 4.78 is 10.7. The lowest BCUT2D eigenvalue weighted by Crippen LogP contribution is -2.24. The Kier molecular flexibility index (Phi) is 5.67. The van der Waals surface area contributed by atoms with Crippen LogP contribution in [0.25, 0.3) is 0 Å². The van der Waals surface area contributed by atoms with Crippen LogP contribution >= 0.6 is 11.8 Å². The SMILES string of the molecule is CCOC(CN)CCSc1nnc(C)o1. The number of hydrogen-bond donors (Lipinski definition) is 1. The quantitative estimate of drug-likeness (QED) is 0.711. The van der Waals surface area contributed by atoms with E-state index in [4.69, 9.17) is 14.9 Å². The number of thioether (sulfide) groups is 1. The Balaban J connectivity index is 2.20. The maximum Gasteiger partial charge on any atom is 0.276 e. The van der Waals surface area contributed by atoms with Crippen LogP contribution in [-0.4, -0.2) is 35.2 Å². The van der Waals surface area contributed by atoms with E-state index in [1.54, 1.807) is 6.92 Å². The second-order valence-electron chi connectivity index (χ2n) is 3.04. The maximum absolute atomic E-state index is 5.56. The average Bonchev–Trinajstić information content (AvgIpc) is 2.63. The molecule has 1 aromatic rings. The van der Waals surface area contributed by atoms with Gasteiger partial charge in [0, 0.05) is 25.8 Å². The van der Waals surface area contributed by atoms with E-state index in [-0.39, 0.29) is 6.10 Å². The summed E-state index contributed by atoms with van der Waals surface area (Å²) in [7, 11) is 0.